The molecule has 0 aliphatic carbocycles. The van der Waals surface area contributed by atoms with E-state index < -0.39 is 0 Å². The van der Waals surface area contributed by atoms with E-state index in [1.54, 1.807) is 0 Å². The number of carbonyl (C=O) groups excluding carboxylic acids is 2. The molecule has 3 rings (SSSR count). The SMILES string of the molecule is CCOc1ccccc1OCCCC(=O)N1CCN(C(=O)CCCc2ccccc2)CC1. The van der Waals surface area contributed by atoms with Crippen molar-refractivity contribution in [2.24, 2.45) is 0 Å². The summed E-state index contributed by atoms with van der Waals surface area (Å²) < 4.78 is 11.4. The molecule has 6 nitrogen and oxygen atoms in total. The maximum absolute atomic E-state index is 12.5. The Bertz CT molecular complexity index is 848. The van der Waals surface area contributed by atoms with Crippen molar-refractivity contribution >= 4 is 11.8 Å². The second-order valence-electron chi connectivity index (χ2n) is 7.93. The number of nitrogens with zero attached hydrogens (tertiary/aromatic N) is 2. The van der Waals surface area contributed by atoms with Gasteiger partial charge in [-0.3, -0.25) is 9.59 Å². The lowest BCUT2D eigenvalue weighted by Gasteiger charge is -2.35. The van der Waals surface area contributed by atoms with Crippen molar-refractivity contribution in [3.05, 3.63) is 60.2 Å². The molecule has 0 bridgehead atoms. The number of ether oxygens (including phenoxy) is 2. The summed E-state index contributed by atoms with van der Waals surface area (Å²) in [7, 11) is 0. The minimum atomic E-state index is 0.128. The number of piperazine rings is 1. The van der Waals surface area contributed by atoms with E-state index in [4.69, 9.17) is 9.47 Å². The molecule has 32 heavy (non-hydrogen) atoms. The van der Waals surface area contributed by atoms with Crippen molar-refractivity contribution in [1.82, 2.24) is 9.80 Å². The number of rotatable bonds is 11. The normalized spacial score (nSPS) is 13.7. The van der Waals surface area contributed by atoms with Crippen LogP contribution in [0.4, 0.5) is 0 Å². The molecule has 0 aromatic heterocycles. The van der Waals surface area contributed by atoms with Crippen LogP contribution in [0, 0.1) is 0 Å². The molecule has 0 radical (unpaired) electrons. The Morgan fingerprint density at radius 1 is 0.750 bits per heavy atom. The van der Waals surface area contributed by atoms with Gasteiger partial charge in [-0.25, -0.2) is 0 Å². The first kappa shape index (κ1) is 23.6. The fourth-order valence-electron chi connectivity index (χ4n) is 3.86. The Balaban J connectivity index is 1.31. The van der Waals surface area contributed by atoms with Crippen LogP contribution in [-0.4, -0.2) is 61.0 Å². The summed E-state index contributed by atoms with van der Waals surface area (Å²) in [6.45, 7) is 5.44. The number of aryl methyl sites for hydroxylation is 1. The van der Waals surface area contributed by atoms with E-state index in [0.717, 1.165) is 18.6 Å². The highest BCUT2D eigenvalue weighted by atomic mass is 16.5. The number of hydrogen-bond acceptors (Lipinski definition) is 4. The predicted octanol–water partition coefficient (Wildman–Crippen LogP) is 3.94. The van der Waals surface area contributed by atoms with Crippen LogP contribution in [0.15, 0.2) is 54.6 Å². The second-order valence-corrected chi connectivity index (χ2v) is 7.93. The maximum atomic E-state index is 12.5. The molecule has 0 N–H and O–H groups in total. The molecule has 172 valence electrons. The van der Waals surface area contributed by atoms with E-state index >= 15 is 0 Å². The summed E-state index contributed by atoms with van der Waals surface area (Å²) in [5.41, 5.74) is 1.26. The van der Waals surface area contributed by atoms with Gasteiger partial charge in [0.2, 0.25) is 11.8 Å². The summed E-state index contributed by atoms with van der Waals surface area (Å²) in [5.74, 6) is 1.75. The molecule has 1 heterocycles. The summed E-state index contributed by atoms with van der Waals surface area (Å²) >= 11 is 0. The van der Waals surface area contributed by atoms with Crippen LogP contribution in [0.25, 0.3) is 0 Å². The Morgan fingerprint density at radius 2 is 1.28 bits per heavy atom. The summed E-state index contributed by atoms with van der Waals surface area (Å²) in [5, 5.41) is 0. The van der Waals surface area contributed by atoms with Gasteiger partial charge in [-0.05, 0) is 43.9 Å². The number of hydrogen-bond donors (Lipinski definition) is 0. The third-order valence-electron chi connectivity index (χ3n) is 5.63. The van der Waals surface area contributed by atoms with E-state index in [2.05, 4.69) is 12.1 Å². The Morgan fingerprint density at radius 3 is 1.88 bits per heavy atom. The Labute approximate surface area is 191 Å². The van der Waals surface area contributed by atoms with Crippen molar-refractivity contribution in [3.63, 3.8) is 0 Å². The summed E-state index contributed by atoms with van der Waals surface area (Å²) in [6, 6.07) is 17.8. The largest absolute Gasteiger partial charge is 0.490 e. The van der Waals surface area contributed by atoms with Crippen molar-refractivity contribution in [3.8, 4) is 11.5 Å². The topological polar surface area (TPSA) is 59.1 Å². The molecule has 1 aliphatic rings. The number of carbonyl (C=O) groups is 2. The van der Waals surface area contributed by atoms with E-state index in [0.29, 0.717) is 64.4 Å². The predicted molar refractivity (Wildman–Crippen MR) is 125 cm³/mol. The van der Waals surface area contributed by atoms with Crippen molar-refractivity contribution in [1.29, 1.82) is 0 Å². The minimum Gasteiger partial charge on any atom is -0.490 e. The highest BCUT2D eigenvalue weighted by molar-refractivity contribution is 5.78. The zero-order valence-corrected chi connectivity index (χ0v) is 19.0. The molecule has 2 amide bonds. The van der Waals surface area contributed by atoms with Gasteiger partial charge in [0, 0.05) is 39.0 Å². The standard InChI is InChI=1S/C26H34N2O4/c1-2-31-23-13-6-7-14-24(23)32-21-9-16-26(30)28-19-17-27(18-20-28)25(29)15-8-12-22-10-4-3-5-11-22/h3-7,10-11,13-14H,2,8-9,12,15-21H2,1H3. The van der Waals surface area contributed by atoms with Crippen molar-refractivity contribution in [2.45, 2.75) is 39.0 Å². The first-order valence-corrected chi connectivity index (χ1v) is 11.6. The highest BCUT2D eigenvalue weighted by Crippen LogP contribution is 2.26. The fourth-order valence-corrected chi connectivity index (χ4v) is 3.86. The van der Waals surface area contributed by atoms with Crippen LogP contribution in [0.2, 0.25) is 0 Å². The Hall–Kier alpha value is -3.02. The van der Waals surface area contributed by atoms with Gasteiger partial charge in [-0.2, -0.15) is 0 Å². The van der Waals surface area contributed by atoms with E-state index in [-0.39, 0.29) is 11.8 Å². The highest BCUT2D eigenvalue weighted by Gasteiger charge is 2.23. The molecule has 2 aromatic rings. The average molecular weight is 439 g/mol. The number of benzene rings is 2. The zero-order chi connectivity index (χ0) is 22.6. The zero-order valence-electron chi connectivity index (χ0n) is 19.0. The first-order valence-electron chi connectivity index (χ1n) is 11.6. The second kappa shape index (κ2) is 12.7. The first-order chi connectivity index (χ1) is 15.7. The lowest BCUT2D eigenvalue weighted by molar-refractivity contribution is -0.139. The smallest absolute Gasteiger partial charge is 0.222 e. The van der Waals surface area contributed by atoms with Gasteiger partial charge in [0.05, 0.1) is 13.2 Å². The van der Waals surface area contributed by atoms with Gasteiger partial charge in [-0.1, -0.05) is 42.5 Å². The van der Waals surface area contributed by atoms with Gasteiger partial charge in [-0.15, -0.1) is 0 Å². The van der Waals surface area contributed by atoms with Crippen LogP contribution in [0.1, 0.15) is 38.2 Å². The molecule has 2 aromatic carbocycles. The van der Waals surface area contributed by atoms with Gasteiger partial charge in [0.25, 0.3) is 0 Å². The number of para-hydroxylation sites is 2. The van der Waals surface area contributed by atoms with Gasteiger partial charge in [0.15, 0.2) is 11.5 Å². The van der Waals surface area contributed by atoms with Gasteiger partial charge >= 0.3 is 0 Å². The maximum Gasteiger partial charge on any atom is 0.222 e. The molecule has 0 unspecified atom stereocenters. The molecular weight excluding hydrogens is 404 g/mol. The monoisotopic (exact) mass is 438 g/mol. The quantitative estimate of drug-likeness (QED) is 0.499. The third-order valence-corrected chi connectivity index (χ3v) is 5.63. The Kier molecular flexibility index (Phi) is 9.41. The minimum absolute atomic E-state index is 0.128. The molecule has 1 aliphatic heterocycles. The molecule has 0 saturated carbocycles. The molecular formula is C26H34N2O4. The van der Waals surface area contributed by atoms with E-state index in [9.17, 15) is 9.59 Å². The van der Waals surface area contributed by atoms with Gasteiger partial charge in [0.1, 0.15) is 0 Å². The lowest BCUT2D eigenvalue weighted by atomic mass is 10.1. The summed E-state index contributed by atoms with van der Waals surface area (Å²) in [6.07, 6.45) is 3.43. The van der Waals surface area contributed by atoms with Crippen molar-refractivity contribution < 1.29 is 19.1 Å². The van der Waals surface area contributed by atoms with Crippen LogP contribution in [0.3, 0.4) is 0 Å². The van der Waals surface area contributed by atoms with E-state index in [1.807, 2.05) is 59.2 Å². The number of amides is 2. The average Bonchev–Trinajstić information content (AvgIpc) is 2.83. The lowest BCUT2D eigenvalue weighted by Crippen LogP contribution is -2.50. The molecule has 0 atom stereocenters. The van der Waals surface area contributed by atoms with E-state index in [1.165, 1.54) is 5.56 Å². The van der Waals surface area contributed by atoms with Crippen LogP contribution in [0.5, 0.6) is 11.5 Å². The van der Waals surface area contributed by atoms with Crippen LogP contribution >= 0.6 is 0 Å². The molecule has 1 saturated heterocycles. The molecule has 1 fully saturated rings. The van der Waals surface area contributed by atoms with Crippen LogP contribution in [-0.2, 0) is 16.0 Å². The van der Waals surface area contributed by atoms with Gasteiger partial charge < -0.3 is 19.3 Å². The summed E-state index contributed by atoms with van der Waals surface area (Å²) in [4.78, 5) is 28.8. The third kappa shape index (κ3) is 7.29. The molecule has 6 heteroatoms. The van der Waals surface area contributed by atoms with Crippen LogP contribution < -0.4 is 9.47 Å². The van der Waals surface area contributed by atoms with Crippen molar-refractivity contribution in [2.75, 3.05) is 39.4 Å². The molecule has 0 spiro atoms. The fraction of sp³-hybridized carbons (Fsp3) is 0.462.